The summed E-state index contributed by atoms with van der Waals surface area (Å²) in [6, 6.07) is 31.4. The van der Waals surface area contributed by atoms with E-state index in [0.29, 0.717) is 152 Å². The highest BCUT2D eigenvalue weighted by molar-refractivity contribution is 5.76. The van der Waals surface area contributed by atoms with Crippen LogP contribution in [0.2, 0.25) is 0 Å². The Morgan fingerprint density at radius 3 is 0.521 bits per heavy atom. The van der Waals surface area contributed by atoms with Gasteiger partial charge in [0.1, 0.15) is 36.2 Å². The molecule has 0 amide bonds. The van der Waals surface area contributed by atoms with E-state index >= 15 is 0 Å². The summed E-state index contributed by atoms with van der Waals surface area (Å²) in [6.07, 6.45) is 28.4. The average molecular weight is 2010 g/mol. The van der Waals surface area contributed by atoms with E-state index in [1.807, 2.05) is 0 Å². The lowest BCUT2D eigenvalue weighted by Gasteiger charge is -2.36. The molecule has 19 rings (SSSR count). The lowest BCUT2D eigenvalue weighted by molar-refractivity contribution is 0.0356. The molecule has 9 aromatic rings. The molecule has 8 heterocycles. The van der Waals surface area contributed by atoms with Crippen LogP contribution in [-0.4, -0.2) is 110 Å². The second-order valence-electron chi connectivity index (χ2n) is 40.3. The van der Waals surface area contributed by atoms with Gasteiger partial charge in [-0.2, -0.15) is 0 Å². The average Bonchev–Trinajstić information content (AvgIpc) is 0.722. The fourth-order valence-corrected chi connectivity index (χ4v) is 23.9. The molecule has 8 atom stereocenters. The van der Waals surface area contributed by atoms with Crippen molar-refractivity contribution < 1.29 is 123 Å². The van der Waals surface area contributed by atoms with Crippen molar-refractivity contribution in [2.45, 2.75) is 321 Å². The summed E-state index contributed by atoms with van der Waals surface area (Å²) >= 11 is 0. The first-order valence-electron chi connectivity index (χ1n) is 54.5. The topological polar surface area (TPSA) is 240 Å². The Bertz CT molecular complexity index is 5310. The molecule has 0 N–H and O–H groups in total. The highest BCUT2D eigenvalue weighted by atomic mass is 16.7. The first kappa shape index (κ1) is 103. The van der Waals surface area contributed by atoms with Gasteiger partial charge in [-0.25, -0.2) is 0 Å². The largest absolute Gasteiger partial charge is 0.482 e. The number of methoxy groups -OCH3 is 4. The van der Waals surface area contributed by atoms with E-state index in [1.165, 1.54) is 0 Å². The van der Waals surface area contributed by atoms with Gasteiger partial charge in [-0.3, -0.25) is 0 Å². The SMILES string of the molecule is CCCCCC1c2cc3c4cc2OCOc2c1cc1c(c2OCOC)OCOc2c(cc5c(c2OCc2ccccc2COc2c6c7cc8c2OCOc2c(cc9c(c2OCOC)OCOc2cc%10c(cc2C9CCCCC)C(CCCCC)c2cc(c(c(OCOC)c2OCO%10)OCO6)C7CCCCC)C8CCCCC)OCOc2c(cc(c(c2OCOC)OCO4)C3CCCCC)C5CCCCC)C1CCCCC. The zero-order valence-corrected chi connectivity index (χ0v) is 87.8. The minimum atomic E-state index is -0.427. The quantitative estimate of drug-likeness (QED) is 0.0254. The van der Waals surface area contributed by atoms with Crippen molar-refractivity contribution in [3.8, 4) is 126 Å². The van der Waals surface area contributed by atoms with Crippen LogP contribution < -0.4 is 104 Å². The number of rotatable bonds is 50. The summed E-state index contributed by atoms with van der Waals surface area (Å²) in [6.45, 7) is 15.9. The molecule has 8 aliphatic heterocycles. The molecule has 0 aromatic heterocycles. The summed E-state index contributed by atoms with van der Waals surface area (Å²) in [5.74, 6) is 8.22. The highest BCUT2D eigenvalue weighted by Crippen LogP contribution is 2.66. The van der Waals surface area contributed by atoms with Gasteiger partial charge in [0, 0.05) is 177 Å². The Labute approximate surface area is 861 Å². The lowest BCUT2D eigenvalue weighted by Crippen LogP contribution is -2.24. The van der Waals surface area contributed by atoms with E-state index in [1.54, 1.807) is 28.4 Å². The zero-order chi connectivity index (χ0) is 101. The van der Waals surface area contributed by atoms with Gasteiger partial charge >= 0.3 is 0 Å². The standard InChI is InChI=1S/C120H150O26/c1-13-21-29-41-75-83-49-84-76(42-30-22-14-2)88-52-96-80(46-34-26-18-6)92-55-91-79(45-33-25-17-5)95-51-87(75)107-117(131-61-121-9)111(95)143-69-139-103(91)115(104(92)140-70-144-112(96)118(132-62-122-10)108(88)136-66-128-100(84)57-99(83)127-65-135-107)125-59-73-39-37-38-40-74(73)60-126-116-105-93-56-94-82(48-36-28-20-8)98-54-90-78(44-32-24-16-4)86-50-85-77(43-31-23-15-3)89-53-97(81(93)47-35-27-19-7)113(145-71-141-105)119(133-63-123-11)109(89)137-67-129-101(85)58-102(86)130-68-138-110(90)120(134-64-124-12)114(98)146-72-142-106(94)116/h37-40,49-58,75-82H,13-36,41-48,59-72H2,1-12H3. The van der Waals surface area contributed by atoms with Crippen LogP contribution >= 0.6 is 0 Å². The number of hydrogen-bond donors (Lipinski definition) is 0. The zero-order valence-electron chi connectivity index (χ0n) is 87.8. The Morgan fingerprint density at radius 1 is 0.192 bits per heavy atom. The smallest absolute Gasteiger partial charge is 0.231 e. The van der Waals surface area contributed by atoms with Gasteiger partial charge in [-0.05, 0) is 111 Å². The van der Waals surface area contributed by atoms with Crippen molar-refractivity contribution in [1.29, 1.82) is 0 Å². The third-order valence-electron chi connectivity index (χ3n) is 31.0. The van der Waals surface area contributed by atoms with Crippen molar-refractivity contribution in [2.24, 2.45) is 0 Å². The molecule has 26 heteroatoms. The number of benzene rings is 9. The van der Waals surface area contributed by atoms with E-state index in [2.05, 4.69) is 140 Å². The summed E-state index contributed by atoms with van der Waals surface area (Å²) in [4.78, 5) is 0. The van der Waals surface area contributed by atoms with Gasteiger partial charge in [0.25, 0.3) is 0 Å². The van der Waals surface area contributed by atoms with Crippen molar-refractivity contribution in [2.75, 3.05) is 110 Å². The summed E-state index contributed by atoms with van der Waals surface area (Å²) in [5.41, 5.74) is 16.8. The molecule has 0 saturated carbocycles. The van der Waals surface area contributed by atoms with Crippen LogP contribution in [0.25, 0.3) is 0 Å². The van der Waals surface area contributed by atoms with Crippen LogP contribution in [0.1, 0.15) is 408 Å². The van der Waals surface area contributed by atoms with Gasteiger partial charge < -0.3 is 123 Å². The molecule has 16 bridgehead atoms. The predicted molar refractivity (Wildman–Crippen MR) is 554 cm³/mol. The maximum Gasteiger partial charge on any atom is 0.231 e. The predicted octanol–water partition coefficient (Wildman–Crippen LogP) is 28.9. The molecule has 9 aromatic carbocycles. The normalized spacial score (nSPS) is 18.7. The summed E-state index contributed by atoms with van der Waals surface area (Å²) in [5, 5.41) is 0. The lowest BCUT2D eigenvalue weighted by atomic mass is 9.75. The Hall–Kier alpha value is -11.6. The van der Waals surface area contributed by atoms with Gasteiger partial charge in [0.2, 0.25) is 88.8 Å². The van der Waals surface area contributed by atoms with Crippen LogP contribution in [-0.2, 0) is 32.2 Å². The molecule has 0 saturated heterocycles. The minimum absolute atomic E-state index is 0.00480. The van der Waals surface area contributed by atoms with E-state index in [9.17, 15) is 0 Å². The second kappa shape index (κ2) is 49.0. The molecule has 10 aliphatic rings. The van der Waals surface area contributed by atoms with Crippen LogP contribution in [0.4, 0.5) is 0 Å². The van der Waals surface area contributed by atoms with E-state index < -0.39 is 23.7 Å². The van der Waals surface area contributed by atoms with Crippen LogP contribution in [0.5, 0.6) is 126 Å². The second-order valence-corrected chi connectivity index (χ2v) is 40.3. The molecule has 786 valence electrons. The molecule has 26 nitrogen and oxygen atoms in total. The maximum atomic E-state index is 7.92. The Morgan fingerprint density at radius 2 is 0.349 bits per heavy atom. The molecule has 0 spiro atoms. The molecule has 146 heavy (non-hydrogen) atoms. The summed E-state index contributed by atoms with van der Waals surface area (Å²) in [7, 11) is 6.54. The van der Waals surface area contributed by atoms with Gasteiger partial charge in [0.15, 0.2) is 96.2 Å². The van der Waals surface area contributed by atoms with Crippen molar-refractivity contribution in [3.05, 3.63) is 185 Å². The first-order valence-corrected chi connectivity index (χ1v) is 54.5. The van der Waals surface area contributed by atoms with Gasteiger partial charge in [0.05, 0.1) is 0 Å². The Balaban J connectivity index is 0.832. The number of hydrogen-bond acceptors (Lipinski definition) is 26. The molecular weight excluding hydrogens is 1860 g/mol. The fraction of sp³-hybridized carbons (Fsp3) is 0.550. The maximum absolute atomic E-state index is 7.92. The summed E-state index contributed by atoms with van der Waals surface area (Å²) < 4.78 is 182. The molecule has 0 radical (unpaired) electrons. The minimum Gasteiger partial charge on any atom is -0.482 e. The molecular formula is C120H150O26. The third-order valence-corrected chi connectivity index (χ3v) is 31.0. The van der Waals surface area contributed by atoms with E-state index in [-0.39, 0.29) is 118 Å². The number of unbranched alkanes of at least 4 members (excludes halogenated alkanes) is 16. The van der Waals surface area contributed by atoms with Gasteiger partial charge in [-0.1, -0.05) is 234 Å². The van der Waals surface area contributed by atoms with Crippen LogP contribution in [0.15, 0.2) is 84.9 Å². The van der Waals surface area contributed by atoms with Crippen LogP contribution in [0.3, 0.4) is 0 Å². The monoisotopic (exact) mass is 2010 g/mol. The van der Waals surface area contributed by atoms with Crippen LogP contribution in [0, 0.1) is 0 Å². The Kier molecular flexibility index (Phi) is 34.6. The molecule has 2 aliphatic carbocycles. The van der Waals surface area contributed by atoms with Crippen molar-refractivity contribution in [3.63, 3.8) is 0 Å². The first-order chi connectivity index (χ1) is 72.0. The van der Waals surface area contributed by atoms with Crippen molar-refractivity contribution in [1.82, 2.24) is 0 Å². The third kappa shape index (κ3) is 21.1. The van der Waals surface area contributed by atoms with E-state index in [4.69, 9.17) is 123 Å². The highest BCUT2D eigenvalue weighted by Gasteiger charge is 2.47. The fourth-order valence-electron chi connectivity index (χ4n) is 23.9. The molecule has 0 fully saturated rings. The number of ether oxygens (including phenoxy) is 26. The van der Waals surface area contributed by atoms with Crippen molar-refractivity contribution >= 4 is 0 Å². The van der Waals surface area contributed by atoms with E-state index in [0.717, 1.165) is 280 Å². The van der Waals surface area contributed by atoms with Gasteiger partial charge in [-0.15, -0.1) is 0 Å². The molecule has 8 unspecified atom stereocenters.